The van der Waals surface area contributed by atoms with Crippen LogP contribution in [0.4, 0.5) is 0 Å². The van der Waals surface area contributed by atoms with E-state index in [0.29, 0.717) is 12.2 Å². The number of hydrogen-bond acceptors (Lipinski definition) is 4. The maximum absolute atomic E-state index is 10.9. The molecule has 2 rings (SSSR count). The fourth-order valence-corrected chi connectivity index (χ4v) is 1.67. The maximum Gasteiger partial charge on any atom is 0.172 e. The summed E-state index contributed by atoms with van der Waals surface area (Å²) in [4.78, 5) is 10.9. The smallest absolute Gasteiger partial charge is 0.172 e. The molecule has 0 spiro atoms. The molecule has 0 amide bonds. The van der Waals surface area contributed by atoms with Crippen LogP contribution in [0.3, 0.4) is 0 Å². The average Bonchev–Trinajstić information content (AvgIpc) is 2.81. The second-order valence-corrected chi connectivity index (χ2v) is 3.49. The predicted octanol–water partition coefficient (Wildman–Crippen LogP) is 1.79. The second-order valence-electron chi connectivity index (χ2n) is 3.49. The highest BCUT2D eigenvalue weighted by molar-refractivity contribution is 5.83. The van der Waals surface area contributed by atoms with Crippen LogP contribution in [0.2, 0.25) is 0 Å². The van der Waals surface area contributed by atoms with Crippen molar-refractivity contribution in [1.29, 1.82) is 0 Å². The molecule has 2 aromatic rings. The number of aldehydes is 1. The lowest BCUT2D eigenvalue weighted by Gasteiger charge is -2.05. The Morgan fingerprint density at radius 1 is 1.35 bits per heavy atom. The van der Waals surface area contributed by atoms with E-state index in [-0.39, 0.29) is 0 Å². The number of ether oxygens (including phenoxy) is 1. The van der Waals surface area contributed by atoms with E-state index < -0.39 is 0 Å². The zero-order valence-corrected chi connectivity index (χ0v) is 9.75. The number of benzene rings is 1. The summed E-state index contributed by atoms with van der Waals surface area (Å²) in [7, 11) is 1.61. The van der Waals surface area contributed by atoms with Gasteiger partial charge in [-0.2, -0.15) is 0 Å². The summed E-state index contributed by atoms with van der Waals surface area (Å²) in [6.45, 7) is 2.62. The van der Waals surface area contributed by atoms with E-state index in [4.69, 9.17) is 4.74 Å². The predicted molar refractivity (Wildman–Crippen MR) is 63.1 cm³/mol. The van der Waals surface area contributed by atoms with Gasteiger partial charge < -0.3 is 4.74 Å². The van der Waals surface area contributed by atoms with Crippen molar-refractivity contribution in [2.75, 3.05) is 7.11 Å². The van der Waals surface area contributed by atoms with Gasteiger partial charge in [0.1, 0.15) is 5.75 Å². The minimum absolute atomic E-state index is 0.358. The summed E-state index contributed by atoms with van der Waals surface area (Å²) >= 11 is 0. The monoisotopic (exact) mass is 231 g/mol. The van der Waals surface area contributed by atoms with Crippen LogP contribution in [0.1, 0.15) is 17.4 Å². The lowest BCUT2D eigenvalue weighted by molar-refractivity contribution is 0.111. The molecule has 0 aliphatic rings. The normalized spacial score (nSPS) is 10.2. The number of methoxy groups -OCH3 is 1. The molecule has 5 nitrogen and oxygen atoms in total. The third-order valence-electron chi connectivity index (χ3n) is 2.54. The molecule has 0 bridgehead atoms. The van der Waals surface area contributed by atoms with Crippen LogP contribution in [0.25, 0.3) is 11.3 Å². The molecule has 0 saturated heterocycles. The summed E-state index contributed by atoms with van der Waals surface area (Å²) in [5, 5.41) is 7.77. The van der Waals surface area contributed by atoms with Crippen LogP contribution in [-0.2, 0) is 6.54 Å². The number of rotatable bonds is 4. The molecule has 0 radical (unpaired) electrons. The van der Waals surface area contributed by atoms with Crippen molar-refractivity contribution < 1.29 is 9.53 Å². The van der Waals surface area contributed by atoms with Crippen molar-refractivity contribution in [2.24, 2.45) is 0 Å². The van der Waals surface area contributed by atoms with E-state index in [0.717, 1.165) is 23.3 Å². The molecule has 0 N–H and O–H groups in total. The first-order valence-corrected chi connectivity index (χ1v) is 5.33. The highest BCUT2D eigenvalue weighted by atomic mass is 16.5. The van der Waals surface area contributed by atoms with E-state index in [9.17, 15) is 4.79 Å². The van der Waals surface area contributed by atoms with Gasteiger partial charge in [0, 0.05) is 12.1 Å². The topological polar surface area (TPSA) is 57.0 Å². The Bertz CT molecular complexity index is 517. The quantitative estimate of drug-likeness (QED) is 0.753. The highest BCUT2D eigenvalue weighted by Crippen LogP contribution is 2.23. The largest absolute Gasteiger partial charge is 0.497 e. The van der Waals surface area contributed by atoms with E-state index in [1.807, 2.05) is 31.2 Å². The SMILES string of the molecule is CCn1nnc(C=O)c1-c1ccc(OC)cc1. The molecule has 0 unspecified atom stereocenters. The fraction of sp³-hybridized carbons (Fsp3) is 0.250. The van der Waals surface area contributed by atoms with Crippen molar-refractivity contribution >= 4 is 6.29 Å². The van der Waals surface area contributed by atoms with E-state index in [2.05, 4.69) is 10.3 Å². The molecule has 1 aromatic carbocycles. The molecule has 1 aromatic heterocycles. The van der Waals surface area contributed by atoms with Crippen LogP contribution in [-0.4, -0.2) is 28.4 Å². The van der Waals surface area contributed by atoms with Gasteiger partial charge in [0.2, 0.25) is 0 Å². The molecule has 1 heterocycles. The van der Waals surface area contributed by atoms with Crippen molar-refractivity contribution in [3.05, 3.63) is 30.0 Å². The van der Waals surface area contributed by atoms with Gasteiger partial charge in [-0.05, 0) is 31.2 Å². The van der Waals surface area contributed by atoms with Gasteiger partial charge in [0.05, 0.1) is 12.8 Å². The Morgan fingerprint density at radius 2 is 2.06 bits per heavy atom. The molecule has 0 saturated carbocycles. The first-order chi connectivity index (χ1) is 8.30. The lowest BCUT2D eigenvalue weighted by atomic mass is 10.1. The van der Waals surface area contributed by atoms with Gasteiger partial charge in [-0.25, -0.2) is 4.68 Å². The van der Waals surface area contributed by atoms with Crippen molar-refractivity contribution in [1.82, 2.24) is 15.0 Å². The molecular weight excluding hydrogens is 218 g/mol. The van der Waals surface area contributed by atoms with Gasteiger partial charge in [0.25, 0.3) is 0 Å². The Balaban J connectivity index is 2.50. The Hall–Kier alpha value is -2.17. The van der Waals surface area contributed by atoms with Gasteiger partial charge in [0.15, 0.2) is 12.0 Å². The van der Waals surface area contributed by atoms with E-state index in [1.165, 1.54) is 0 Å². The summed E-state index contributed by atoms with van der Waals surface area (Å²) in [6.07, 6.45) is 0.721. The molecule has 88 valence electrons. The molecule has 0 fully saturated rings. The standard InChI is InChI=1S/C12H13N3O2/c1-3-15-12(11(8-16)13-14-15)9-4-6-10(17-2)7-5-9/h4-8H,3H2,1-2H3. The highest BCUT2D eigenvalue weighted by Gasteiger charge is 2.13. The third kappa shape index (κ3) is 2.04. The summed E-state index contributed by atoms with van der Waals surface area (Å²) in [6, 6.07) is 7.46. The van der Waals surface area contributed by atoms with E-state index in [1.54, 1.807) is 11.8 Å². The Labute approximate surface area is 99.0 Å². The number of aromatic nitrogens is 3. The zero-order chi connectivity index (χ0) is 12.3. The van der Waals surface area contributed by atoms with Crippen molar-refractivity contribution in [2.45, 2.75) is 13.5 Å². The fourth-order valence-electron chi connectivity index (χ4n) is 1.67. The first kappa shape index (κ1) is 11.3. The Kier molecular flexibility index (Phi) is 3.18. The first-order valence-electron chi connectivity index (χ1n) is 5.33. The van der Waals surface area contributed by atoms with Crippen molar-refractivity contribution in [3.63, 3.8) is 0 Å². The lowest BCUT2D eigenvalue weighted by Crippen LogP contribution is -2.00. The number of carbonyl (C=O) groups is 1. The van der Waals surface area contributed by atoms with Gasteiger partial charge >= 0.3 is 0 Å². The number of hydrogen-bond donors (Lipinski definition) is 0. The molecule has 0 aliphatic heterocycles. The maximum atomic E-state index is 10.9. The summed E-state index contributed by atoms with van der Waals surface area (Å²) < 4.78 is 6.79. The van der Waals surface area contributed by atoms with Gasteiger partial charge in [-0.3, -0.25) is 4.79 Å². The molecule has 0 aliphatic carbocycles. The third-order valence-corrected chi connectivity index (χ3v) is 2.54. The van der Waals surface area contributed by atoms with E-state index >= 15 is 0 Å². The minimum Gasteiger partial charge on any atom is -0.497 e. The summed E-state index contributed by atoms with van der Waals surface area (Å²) in [5.74, 6) is 0.775. The van der Waals surface area contributed by atoms with Crippen LogP contribution >= 0.6 is 0 Å². The average molecular weight is 231 g/mol. The van der Waals surface area contributed by atoms with Crippen LogP contribution in [0, 0.1) is 0 Å². The minimum atomic E-state index is 0.358. The molecule has 5 heteroatoms. The summed E-state index contributed by atoms with van der Waals surface area (Å²) in [5.41, 5.74) is 2.00. The number of aryl methyl sites for hydroxylation is 1. The van der Waals surface area contributed by atoms with Crippen LogP contribution < -0.4 is 4.74 Å². The van der Waals surface area contributed by atoms with Crippen LogP contribution in [0.15, 0.2) is 24.3 Å². The van der Waals surface area contributed by atoms with Crippen molar-refractivity contribution in [3.8, 4) is 17.0 Å². The second kappa shape index (κ2) is 4.78. The molecule has 0 atom stereocenters. The van der Waals surface area contributed by atoms with Gasteiger partial charge in [-0.1, -0.05) is 5.21 Å². The Morgan fingerprint density at radius 3 is 2.59 bits per heavy atom. The number of carbonyl (C=O) groups excluding carboxylic acids is 1. The molecular formula is C12H13N3O2. The van der Waals surface area contributed by atoms with Crippen LogP contribution in [0.5, 0.6) is 5.75 Å². The zero-order valence-electron chi connectivity index (χ0n) is 9.75. The molecule has 17 heavy (non-hydrogen) atoms. The number of nitrogens with zero attached hydrogens (tertiary/aromatic N) is 3. The van der Waals surface area contributed by atoms with Gasteiger partial charge in [-0.15, -0.1) is 5.10 Å².